The van der Waals surface area contributed by atoms with Gasteiger partial charge < -0.3 is 24.5 Å². The third-order valence-electron chi connectivity index (χ3n) is 6.79. The maximum atomic E-state index is 10.5. The summed E-state index contributed by atoms with van der Waals surface area (Å²) in [4.78, 5) is 10.5. The molecule has 0 unspecified atom stereocenters. The molecule has 7 nitrogen and oxygen atoms in total. The van der Waals surface area contributed by atoms with E-state index in [1.807, 2.05) is 35.1 Å². The zero-order valence-corrected chi connectivity index (χ0v) is 23.2. The Bertz CT molecular complexity index is 1120. The van der Waals surface area contributed by atoms with Crippen molar-refractivity contribution < 1.29 is 54.0 Å². The largest absolute Gasteiger partial charge is 1.00 e. The molecular weight excluding hydrogens is 467 g/mol. The fourth-order valence-corrected chi connectivity index (χ4v) is 4.92. The van der Waals surface area contributed by atoms with Gasteiger partial charge in [-0.1, -0.05) is 24.3 Å². The third-order valence-corrected chi connectivity index (χ3v) is 6.79. The Hall–Kier alpha value is -2.16. The van der Waals surface area contributed by atoms with E-state index in [0.717, 1.165) is 65.9 Å². The second-order valence-corrected chi connectivity index (χ2v) is 9.27. The van der Waals surface area contributed by atoms with Gasteiger partial charge >= 0.3 is 29.6 Å². The minimum absolute atomic E-state index is 0. The quantitative estimate of drug-likeness (QED) is 0.382. The number of aliphatic hydroxyl groups excluding tert-OH is 1. The molecule has 4 rings (SSSR count). The summed E-state index contributed by atoms with van der Waals surface area (Å²) >= 11 is 0. The number of carboxylic acids is 1. The number of ether oxygens (including phenoxy) is 2. The van der Waals surface area contributed by atoms with E-state index in [4.69, 9.17) is 14.6 Å². The van der Waals surface area contributed by atoms with Crippen LogP contribution in [-0.4, -0.2) is 47.8 Å². The molecule has 1 heterocycles. The second kappa shape index (κ2) is 14.0. The van der Waals surface area contributed by atoms with E-state index in [2.05, 4.69) is 24.3 Å². The number of carbonyl (C=O) groups is 1. The van der Waals surface area contributed by atoms with E-state index < -0.39 is 5.97 Å². The van der Waals surface area contributed by atoms with Crippen molar-refractivity contribution in [2.24, 2.45) is 11.8 Å². The van der Waals surface area contributed by atoms with E-state index in [0.29, 0.717) is 24.9 Å². The molecule has 1 aliphatic rings. The average Bonchev–Trinajstić information content (AvgIpc) is 3.33. The summed E-state index contributed by atoms with van der Waals surface area (Å²) in [6.07, 6.45) is 6.86. The molecule has 8 heteroatoms. The summed E-state index contributed by atoms with van der Waals surface area (Å²) < 4.78 is 12.6. The fourth-order valence-electron chi connectivity index (χ4n) is 4.92. The van der Waals surface area contributed by atoms with Crippen LogP contribution in [0, 0.1) is 11.8 Å². The molecule has 0 aliphatic heterocycles. The van der Waals surface area contributed by atoms with Gasteiger partial charge in [-0.05, 0) is 84.9 Å². The molecule has 36 heavy (non-hydrogen) atoms. The van der Waals surface area contributed by atoms with Crippen molar-refractivity contribution in [1.82, 2.24) is 9.78 Å². The summed E-state index contributed by atoms with van der Waals surface area (Å²) in [5.74, 6) is 0.623. The van der Waals surface area contributed by atoms with E-state index in [1.54, 1.807) is 7.11 Å². The first-order chi connectivity index (χ1) is 17.1. The number of rotatable bonds is 11. The number of methoxy groups -OCH3 is 1. The Morgan fingerprint density at radius 2 is 1.86 bits per heavy atom. The van der Waals surface area contributed by atoms with E-state index >= 15 is 0 Å². The number of carboxylic acid groups (broad SMARTS) is 1. The van der Waals surface area contributed by atoms with Crippen LogP contribution in [0.1, 0.15) is 31.2 Å². The van der Waals surface area contributed by atoms with Crippen LogP contribution in [0.5, 0.6) is 5.75 Å². The average molecular weight is 501 g/mol. The summed E-state index contributed by atoms with van der Waals surface area (Å²) in [7, 11) is 1.66. The van der Waals surface area contributed by atoms with Crippen LogP contribution in [0.3, 0.4) is 0 Å². The van der Waals surface area contributed by atoms with Crippen LogP contribution < -0.4 is 39.4 Å². The van der Waals surface area contributed by atoms with Gasteiger partial charge in [0.15, 0.2) is 0 Å². The topological polar surface area (TPSA) is 96.6 Å². The number of hydrogen-bond donors (Lipinski definition) is 1. The molecule has 0 atom stereocenters. The second-order valence-electron chi connectivity index (χ2n) is 9.27. The number of aliphatic carboxylic acids is 1. The minimum atomic E-state index is -1.16. The van der Waals surface area contributed by atoms with Gasteiger partial charge in [0.05, 0.1) is 25.4 Å². The fraction of sp³-hybridized carbons (Fsp3) is 0.429. The predicted octanol–water partition coefficient (Wildman–Crippen LogP) is 0.337. The summed E-state index contributed by atoms with van der Waals surface area (Å²) in [5, 5.41) is 25.0. The molecule has 0 saturated heterocycles. The Labute approximate surface area is 234 Å². The molecule has 3 aromatic rings. The van der Waals surface area contributed by atoms with Crippen LogP contribution in [0.4, 0.5) is 0 Å². The van der Waals surface area contributed by atoms with Crippen LogP contribution in [-0.2, 0) is 22.5 Å². The first kappa shape index (κ1) is 28.4. The summed E-state index contributed by atoms with van der Waals surface area (Å²) in [6.45, 7) is 1.12. The van der Waals surface area contributed by atoms with Gasteiger partial charge in [0.2, 0.25) is 0 Å². The van der Waals surface area contributed by atoms with Gasteiger partial charge in [-0.2, -0.15) is 5.10 Å². The summed E-state index contributed by atoms with van der Waals surface area (Å²) in [5.41, 5.74) is 5.18. The SMILES string of the molecule is COc1cccc(-c2ccc(-c3ccn(CC4CCC(COCC(=O)[O-])CC4)n3)cc2CCO)c1.[Na+]. The van der Waals surface area contributed by atoms with Gasteiger partial charge in [0.1, 0.15) is 5.75 Å². The maximum Gasteiger partial charge on any atom is 1.00 e. The van der Waals surface area contributed by atoms with Crippen LogP contribution in [0.15, 0.2) is 54.7 Å². The van der Waals surface area contributed by atoms with Crippen molar-refractivity contribution in [1.29, 1.82) is 0 Å². The molecule has 0 spiro atoms. The molecule has 1 fully saturated rings. The van der Waals surface area contributed by atoms with Gasteiger partial charge in [0.25, 0.3) is 0 Å². The van der Waals surface area contributed by atoms with Crippen LogP contribution in [0.2, 0.25) is 0 Å². The van der Waals surface area contributed by atoms with Crippen molar-refractivity contribution in [3.8, 4) is 28.1 Å². The molecule has 1 aliphatic carbocycles. The molecule has 2 aromatic carbocycles. The van der Waals surface area contributed by atoms with Crippen molar-refractivity contribution in [2.45, 2.75) is 38.6 Å². The molecule has 1 N–H and O–H groups in total. The molecule has 0 amide bonds. The smallest absolute Gasteiger partial charge is 0.548 e. The van der Waals surface area contributed by atoms with E-state index in [9.17, 15) is 15.0 Å². The Balaban J connectivity index is 0.00000361. The van der Waals surface area contributed by atoms with Crippen molar-refractivity contribution in [2.75, 3.05) is 26.9 Å². The standard InChI is InChI=1S/C28H34N2O5.Na/c1-34-25-4-2-3-22(16-25)26-10-9-24(15-23(26)12-14-31)27-11-13-30(29-27)17-20-5-7-21(8-6-20)18-35-19-28(32)33;/h2-4,9-11,13,15-16,20-21,31H,5-8,12,14,17-19H2,1H3,(H,32,33);/q;+1/p-1. The van der Waals surface area contributed by atoms with Crippen molar-refractivity contribution >= 4 is 5.97 Å². The molecule has 1 saturated carbocycles. The number of benzene rings is 2. The number of nitrogens with zero attached hydrogens (tertiary/aromatic N) is 2. The van der Waals surface area contributed by atoms with Crippen LogP contribution >= 0.6 is 0 Å². The van der Waals surface area contributed by atoms with E-state index in [1.165, 1.54) is 0 Å². The van der Waals surface area contributed by atoms with Crippen LogP contribution in [0.25, 0.3) is 22.4 Å². The van der Waals surface area contributed by atoms with Crippen molar-refractivity contribution in [3.63, 3.8) is 0 Å². The predicted molar refractivity (Wildman–Crippen MR) is 132 cm³/mol. The molecule has 186 valence electrons. The zero-order chi connectivity index (χ0) is 24.6. The van der Waals surface area contributed by atoms with Gasteiger partial charge in [0, 0.05) is 31.5 Å². The number of hydrogen-bond acceptors (Lipinski definition) is 6. The monoisotopic (exact) mass is 500 g/mol. The first-order valence-corrected chi connectivity index (χ1v) is 12.3. The number of aliphatic hydroxyl groups is 1. The Morgan fingerprint density at radius 3 is 2.58 bits per heavy atom. The Morgan fingerprint density at radius 1 is 1.08 bits per heavy atom. The van der Waals surface area contributed by atoms with Gasteiger partial charge in [-0.3, -0.25) is 4.68 Å². The molecular formula is C28H33N2NaO5. The molecule has 0 bridgehead atoms. The van der Waals surface area contributed by atoms with Gasteiger partial charge in [-0.25, -0.2) is 0 Å². The summed E-state index contributed by atoms with van der Waals surface area (Å²) in [6, 6.07) is 16.3. The van der Waals surface area contributed by atoms with E-state index in [-0.39, 0.29) is 42.8 Å². The zero-order valence-electron chi connectivity index (χ0n) is 21.2. The molecule has 1 aromatic heterocycles. The normalized spacial score (nSPS) is 17.4. The van der Waals surface area contributed by atoms with Gasteiger partial charge in [-0.15, -0.1) is 0 Å². The number of carbonyl (C=O) groups excluding carboxylic acids is 1. The number of aromatic nitrogens is 2. The Kier molecular flexibility index (Phi) is 11.0. The minimum Gasteiger partial charge on any atom is -0.548 e. The third kappa shape index (κ3) is 7.67. The molecule has 0 radical (unpaired) electrons. The first-order valence-electron chi connectivity index (χ1n) is 12.3. The van der Waals surface area contributed by atoms with Crippen molar-refractivity contribution in [3.05, 3.63) is 60.3 Å². The maximum absolute atomic E-state index is 10.5.